The zero-order valence-corrected chi connectivity index (χ0v) is 14.4. The molecule has 0 unspecified atom stereocenters. The SMILES string of the molecule is CCOc1ccc([N+](=O)[O-])c(NCCSc2nc3ccccc3[nH]2)n1. The van der Waals surface area contributed by atoms with Crippen molar-refractivity contribution in [3.05, 3.63) is 46.5 Å². The third-order valence-electron chi connectivity index (χ3n) is 3.34. The maximum atomic E-state index is 11.1. The van der Waals surface area contributed by atoms with E-state index in [0.717, 1.165) is 16.2 Å². The van der Waals surface area contributed by atoms with Gasteiger partial charge in [-0.05, 0) is 19.1 Å². The quantitative estimate of drug-likeness (QED) is 0.274. The third-order valence-corrected chi connectivity index (χ3v) is 4.21. The van der Waals surface area contributed by atoms with Crippen LogP contribution in [0, 0.1) is 10.1 Å². The molecule has 0 aliphatic heterocycles. The van der Waals surface area contributed by atoms with Crippen LogP contribution in [0.15, 0.2) is 41.6 Å². The summed E-state index contributed by atoms with van der Waals surface area (Å²) in [6.07, 6.45) is 0. The highest BCUT2D eigenvalue weighted by Gasteiger charge is 2.16. The Kier molecular flexibility index (Phi) is 5.34. The minimum atomic E-state index is -0.461. The van der Waals surface area contributed by atoms with E-state index in [1.807, 2.05) is 31.2 Å². The number of para-hydroxylation sites is 2. The lowest BCUT2D eigenvalue weighted by molar-refractivity contribution is -0.384. The van der Waals surface area contributed by atoms with E-state index in [-0.39, 0.29) is 11.5 Å². The molecule has 0 radical (unpaired) electrons. The number of aromatic nitrogens is 3. The molecule has 2 heterocycles. The minimum absolute atomic E-state index is 0.0720. The van der Waals surface area contributed by atoms with Crippen molar-refractivity contribution in [2.45, 2.75) is 12.1 Å². The smallest absolute Gasteiger partial charge is 0.311 e. The molecule has 3 aromatic rings. The third kappa shape index (κ3) is 4.18. The number of ether oxygens (including phenoxy) is 1. The second-order valence-corrected chi connectivity index (χ2v) is 6.13. The highest BCUT2D eigenvalue weighted by atomic mass is 32.2. The number of hydrogen-bond acceptors (Lipinski definition) is 7. The lowest BCUT2D eigenvalue weighted by atomic mass is 10.3. The molecule has 3 rings (SSSR count). The molecule has 2 aromatic heterocycles. The Morgan fingerprint density at radius 1 is 1.28 bits per heavy atom. The first-order valence-corrected chi connectivity index (χ1v) is 8.75. The first-order valence-electron chi connectivity index (χ1n) is 7.77. The number of pyridine rings is 1. The highest BCUT2D eigenvalue weighted by Crippen LogP contribution is 2.25. The van der Waals surface area contributed by atoms with E-state index in [2.05, 4.69) is 20.3 Å². The van der Waals surface area contributed by atoms with Crippen molar-refractivity contribution in [3.63, 3.8) is 0 Å². The van der Waals surface area contributed by atoms with E-state index in [1.165, 1.54) is 23.9 Å². The van der Waals surface area contributed by atoms with Gasteiger partial charge in [-0.2, -0.15) is 4.98 Å². The second kappa shape index (κ2) is 7.84. The zero-order chi connectivity index (χ0) is 17.6. The average molecular weight is 359 g/mol. The Hall–Kier alpha value is -2.81. The molecular formula is C16H17N5O3S. The van der Waals surface area contributed by atoms with Crippen LogP contribution in [0.25, 0.3) is 11.0 Å². The predicted molar refractivity (Wildman–Crippen MR) is 97.4 cm³/mol. The fraction of sp³-hybridized carbons (Fsp3) is 0.250. The molecule has 9 heteroatoms. The number of rotatable bonds is 8. The summed E-state index contributed by atoms with van der Waals surface area (Å²) >= 11 is 1.54. The maximum absolute atomic E-state index is 11.1. The van der Waals surface area contributed by atoms with Crippen molar-refractivity contribution in [3.8, 4) is 5.88 Å². The molecule has 25 heavy (non-hydrogen) atoms. The van der Waals surface area contributed by atoms with Gasteiger partial charge in [0, 0.05) is 24.4 Å². The van der Waals surface area contributed by atoms with Crippen molar-refractivity contribution in [2.75, 3.05) is 24.2 Å². The second-order valence-electron chi connectivity index (χ2n) is 5.04. The number of nitrogens with one attached hydrogen (secondary N) is 2. The maximum Gasteiger partial charge on any atom is 0.311 e. The normalized spacial score (nSPS) is 10.8. The molecule has 8 nitrogen and oxygen atoms in total. The Morgan fingerprint density at radius 2 is 2.12 bits per heavy atom. The van der Waals surface area contributed by atoms with E-state index >= 15 is 0 Å². The van der Waals surface area contributed by atoms with Gasteiger partial charge in [-0.25, -0.2) is 4.98 Å². The van der Waals surface area contributed by atoms with Gasteiger partial charge in [0.05, 0.1) is 22.6 Å². The molecule has 0 aliphatic rings. The molecule has 0 saturated carbocycles. The Labute approximate surface area is 148 Å². The molecule has 2 N–H and O–H groups in total. The number of hydrogen-bond donors (Lipinski definition) is 2. The van der Waals surface area contributed by atoms with E-state index in [9.17, 15) is 10.1 Å². The Balaban J connectivity index is 1.60. The Morgan fingerprint density at radius 3 is 2.88 bits per heavy atom. The molecule has 130 valence electrons. The molecule has 0 bridgehead atoms. The average Bonchev–Trinajstić information content (AvgIpc) is 3.02. The fourth-order valence-corrected chi connectivity index (χ4v) is 3.00. The minimum Gasteiger partial charge on any atom is -0.478 e. The van der Waals surface area contributed by atoms with Crippen LogP contribution in [0.2, 0.25) is 0 Å². The number of thioether (sulfide) groups is 1. The van der Waals surface area contributed by atoms with Crippen LogP contribution in [-0.2, 0) is 0 Å². The van der Waals surface area contributed by atoms with Crippen molar-refractivity contribution in [1.82, 2.24) is 15.0 Å². The molecule has 0 spiro atoms. The van der Waals surface area contributed by atoms with Gasteiger partial charge in [-0.15, -0.1) is 0 Å². The van der Waals surface area contributed by atoms with E-state index < -0.39 is 4.92 Å². The van der Waals surface area contributed by atoms with Crippen LogP contribution in [0.4, 0.5) is 11.5 Å². The summed E-state index contributed by atoms with van der Waals surface area (Å²) in [5, 5.41) is 14.9. The largest absolute Gasteiger partial charge is 0.478 e. The zero-order valence-electron chi connectivity index (χ0n) is 13.6. The summed E-state index contributed by atoms with van der Waals surface area (Å²) < 4.78 is 5.30. The molecule has 0 aliphatic carbocycles. The molecular weight excluding hydrogens is 342 g/mol. The van der Waals surface area contributed by atoms with Crippen LogP contribution in [0.3, 0.4) is 0 Å². The van der Waals surface area contributed by atoms with Gasteiger partial charge in [0.2, 0.25) is 11.7 Å². The number of aromatic amines is 1. The Bertz CT molecular complexity index is 850. The number of benzene rings is 1. The summed E-state index contributed by atoms with van der Waals surface area (Å²) in [6, 6.07) is 10.7. The highest BCUT2D eigenvalue weighted by molar-refractivity contribution is 7.99. The molecule has 0 fully saturated rings. The lowest BCUT2D eigenvalue weighted by Gasteiger charge is -2.08. The van der Waals surface area contributed by atoms with Gasteiger partial charge in [0.1, 0.15) is 0 Å². The van der Waals surface area contributed by atoms with E-state index in [0.29, 0.717) is 24.8 Å². The van der Waals surface area contributed by atoms with Crippen LogP contribution in [0.5, 0.6) is 5.88 Å². The molecule has 0 atom stereocenters. The lowest BCUT2D eigenvalue weighted by Crippen LogP contribution is -2.09. The number of nitro groups is 1. The standard InChI is InChI=1S/C16H17N5O3S/c1-2-24-14-8-7-13(21(22)23)15(20-14)17-9-10-25-16-18-11-5-3-4-6-12(11)19-16/h3-8H,2,9-10H2,1H3,(H,17,20)(H,18,19). The van der Waals surface area contributed by atoms with E-state index in [1.54, 1.807) is 0 Å². The summed E-state index contributed by atoms with van der Waals surface area (Å²) in [6.45, 7) is 2.79. The fourth-order valence-electron chi connectivity index (χ4n) is 2.25. The summed E-state index contributed by atoms with van der Waals surface area (Å²) in [5.74, 6) is 1.25. The molecule has 0 amide bonds. The van der Waals surface area contributed by atoms with Crippen molar-refractivity contribution >= 4 is 34.3 Å². The van der Waals surface area contributed by atoms with Gasteiger partial charge in [-0.3, -0.25) is 10.1 Å². The first kappa shape index (κ1) is 17.0. The number of H-pyrrole nitrogens is 1. The summed E-state index contributed by atoms with van der Waals surface area (Å²) in [5.41, 5.74) is 1.83. The van der Waals surface area contributed by atoms with Crippen molar-refractivity contribution in [1.29, 1.82) is 0 Å². The van der Waals surface area contributed by atoms with Crippen LogP contribution >= 0.6 is 11.8 Å². The number of imidazole rings is 1. The van der Waals surface area contributed by atoms with Gasteiger partial charge in [-0.1, -0.05) is 23.9 Å². The predicted octanol–water partition coefficient (Wildman–Crippen LogP) is 3.47. The van der Waals surface area contributed by atoms with Crippen LogP contribution in [0.1, 0.15) is 6.92 Å². The topological polar surface area (TPSA) is 106 Å². The van der Waals surface area contributed by atoms with Crippen LogP contribution < -0.4 is 10.1 Å². The van der Waals surface area contributed by atoms with Crippen LogP contribution in [-0.4, -0.2) is 38.8 Å². The van der Waals surface area contributed by atoms with Gasteiger partial charge in [0.15, 0.2) is 5.16 Å². The van der Waals surface area contributed by atoms with Crippen molar-refractivity contribution < 1.29 is 9.66 Å². The van der Waals surface area contributed by atoms with E-state index in [4.69, 9.17) is 4.74 Å². The first-order chi connectivity index (χ1) is 12.2. The molecule has 1 aromatic carbocycles. The summed E-state index contributed by atoms with van der Waals surface area (Å²) in [4.78, 5) is 22.5. The molecule has 0 saturated heterocycles. The van der Waals surface area contributed by atoms with Gasteiger partial charge in [0.25, 0.3) is 0 Å². The number of fused-ring (bicyclic) bond motifs is 1. The summed E-state index contributed by atoms with van der Waals surface area (Å²) in [7, 11) is 0. The van der Waals surface area contributed by atoms with Gasteiger partial charge < -0.3 is 15.0 Å². The monoisotopic (exact) mass is 359 g/mol. The van der Waals surface area contributed by atoms with Gasteiger partial charge >= 0.3 is 5.69 Å². The van der Waals surface area contributed by atoms with Crippen molar-refractivity contribution in [2.24, 2.45) is 0 Å². The number of anilines is 1. The number of nitrogens with zero attached hydrogens (tertiary/aromatic N) is 3.